The molecule has 2 bridgehead atoms. The van der Waals surface area contributed by atoms with E-state index in [0.29, 0.717) is 6.54 Å². The molecular weight excluding hydrogens is 254 g/mol. The summed E-state index contributed by atoms with van der Waals surface area (Å²) < 4.78 is 0. The third kappa shape index (κ3) is 2.07. The quantitative estimate of drug-likeness (QED) is 0.715. The van der Waals surface area contributed by atoms with Crippen molar-refractivity contribution in [3.8, 4) is 6.07 Å². The number of rotatable bonds is 4. The maximum atomic E-state index is 12.1. The normalized spacial score (nSPS) is 33.6. The highest BCUT2D eigenvalue weighted by molar-refractivity contribution is 5.85. The second-order valence-corrected chi connectivity index (χ2v) is 5.92. The third-order valence-electron chi connectivity index (χ3n) is 4.72. The van der Waals surface area contributed by atoms with Gasteiger partial charge in [0, 0.05) is 31.4 Å². The van der Waals surface area contributed by atoms with Crippen molar-refractivity contribution in [1.82, 2.24) is 15.1 Å². The molecule has 1 amide bonds. The zero-order valence-electron chi connectivity index (χ0n) is 11.6. The van der Waals surface area contributed by atoms with Gasteiger partial charge < -0.3 is 20.9 Å². The average Bonchev–Trinajstić information content (AvgIpc) is 3.15. The Morgan fingerprint density at radius 2 is 2.45 bits per heavy atom. The summed E-state index contributed by atoms with van der Waals surface area (Å²) in [6.07, 6.45) is 2.77. The van der Waals surface area contributed by atoms with Gasteiger partial charge in [-0.3, -0.25) is 4.79 Å². The van der Waals surface area contributed by atoms with Gasteiger partial charge >= 0.3 is 0 Å². The lowest BCUT2D eigenvalue weighted by Crippen LogP contribution is -2.53. The van der Waals surface area contributed by atoms with Crippen LogP contribution >= 0.6 is 0 Å². The van der Waals surface area contributed by atoms with E-state index in [0.717, 1.165) is 38.0 Å². The number of likely N-dealkylation sites (tertiary alicyclic amines) is 2. The lowest BCUT2D eigenvalue weighted by molar-refractivity contribution is -0.132. The van der Waals surface area contributed by atoms with Crippen LogP contribution in [0.4, 0.5) is 0 Å². The molecule has 3 rings (SSSR count). The Hall–Kier alpha value is -1.58. The summed E-state index contributed by atoms with van der Waals surface area (Å²) >= 11 is 0. The lowest BCUT2D eigenvalue weighted by atomic mass is 10.1. The molecule has 3 N–H and O–H groups in total. The first-order valence-corrected chi connectivity index (χ1v) is 7.26. The molecule has 0 aromatic heterocycles. The predicted molar refractivity (Wildman–Crippen MR) is 74.4 cm³/mol. The number of carbonyl (C=O) groups excluding carboxylic acids is 1. The fourth-order valence-corrected chi connectivity index (χ4v) is 3.54. The number of fused-ring (bicyclic) bond motifs is 2. The van der Waals surface area contributed by atoms with E-state index < -0.39 is 0 Å². The van der Waals surface area contributed by atoms with Crippen LogP contribution in [0.3, 0.4) is 0 Å². The maximum absolute atomic E-state index is 12.1. The van der Waals surface area contributed by atoms with Gasteiger partial charge in [-0.15, -0.1) is 0 Å². The van der Waals surface area contributed by atoms with E-state index in [1.54, 1.807) is 0 Å². The molecule has 3 aliphatic heterocycles. The van der Waals surface area contributed by atoms with Crippen molar-refractivity contribution >= 4 is 5.91 Å². The highest BCUT2D eigenvalue weighted by atomic mass is 16.2. The third-order valence-corrected chi connectivity index (χ3v) is 4.72. The summed E-state index contributed by atoms with van der Waals surface area (Å²) in [7, 11) is 0. The van der Waals surface area contributed by atoms with E-state index in [-0.39, 0.29) is 30.1 Å². The van der Waals surface area contributed by atoms with E-state index in [1.165, 1.54) is 0 Å². The Bertz CT molecular complexity index is 471. The minimum absolute atomic E-state index is 0.0147. The van der Waals surface area contributed by atoms with Crippen LogP contribution in [0.1, 0.15) is 19.3 Å². The number of nitrogens with zero attached hydrogens (tertiary/aromatic N) is 3. The number of hydrogen-bond donors (Lipinski definition) is 2. The first kappa shape index (κ1) is 13.4. The van der Waals surface area contributed by atoms with Gasteiger partial charge in [0.05, 0.1) is 18.2 Å². The van der Waals surface area contributed by atoms with Crippen molar-refractivity contribution in [2.45, 2.75) is 43.4 Å². The van der Waals surface area contributed by atoms with E-state index in [9.17, 15) is 4.79 Å². The Kier molecular flexibility index (Phi) is 3.40. The summed E-state index contributed by atoms with van der Waals surface area (Å²) in [4.78, 5) is 16.0. The molecular formula is C14H21N5O. The molecule has 0 aliphatic carbocycles. The minimum atomic E-state index is -0.285. The van der Waals surface area contributed by atoms with Crippen LogP contribution in [-0.4, -0.2) is 59.5 Å². The maximum Gasteiger partial charge on any atom is 0.240 e. The van der Waals surface area contributed by atoms with Crippen LogP contribution in [0, 0.1) is 11.3 Å². The highest BCUT2D eigenvalue weighted by Crippen LogP contribution is 2.27. The molecule has 0 saturated carbocycles. The van der Waals surface area contributed by atoms with E-state index in [4.69, 9.17) is 11.0 Å². The number of nitriles is 1. The van der Waals surface area contributed by atoms with Gasteiger partial charge in [0.25, 0.3) is 0 Å². The second-order valence-electron chi connectivity index (χ2n) is 5.92. The van der Waals surface area contributed by atoms with Crippen LogP contribution in [0.15, 0.2) is 12.3 Å². The average molecular weight is 275 g/mol. The van der Waals surface area contributed by atoms with Gasteiger partial charge in [-0.25, -0.2) is 0 Å². The van der Waals surface area contributed by atoms with Gasteiger partial charge in [0.2, 0.25) is 5.91 Å². The van der Waals surface area contributed by atoms with E-state index >= 15 is 0 Å². The fourth-order valence-electron chi connectivity index (χ4n) is 3.54. The van der Waals surface area contributed by atoms with Crippen molar-refractivity contribution in [2.24, 2.45) is 5.73 Å². The Morgan fingerprint density at radius 3 is 3.10 bits per heavy atom. The topological polar surface area (TPSA) is 85.4 Å². The Balaban J connectivity index is 1.62. The number of carbonyl (C=O) groups is 1. The van der Waals surface area contributed by atoms with Crippen molar-refractivity contribution in [2.75, 3.05) is 19.6 Å². The van der Waals surface area contributed by atoms with Gasteiger partial charge in [-0.1, -0.05) is 6.58 Å². The van der Waals surface area contributed by atoms with Gasteiger partial charge in [-0.2, -0.15) is 5.26 Å². The highest BCUT2D eigenvalue weighted by Gasteiger charge is 2.45. The fraction of sp³-hybridized carbons (Fsp3) is 0.714. The van der Waals surface area contributed by atoms with E-state index in [1.807, 2.05) is 9.80 Å². The molecule has 3 heterocycles. The Morgan fingerprint density at radius 1 is 1.65 bits per heavy atom. The molecule has 0 aromatic rings. The molecule has 0 unspecified atom stereocenters. The second kappa shape index (κ2) is 5.08. The lowest BCUT2D eigenvalue weighted by Gasteiger charge is -2.34. The molecule has 4 atom stereocenters. The molecule has 3 aliphatic rings. The number of hydrogen-bond acceptors (Lipinski definition) is 5. The number of amides is 1. The smallest absolute Gasteiger partial charge is 0.240 e. The van der Waals surface area contributed by atoms with Crippen molar-refractivity contribution in [3.63, 3.8) is 0 Å². The summed E-state index contributed by atoms with van der Waals surface area (Å²) in [6.45, 7) is 6.27. The van der Waals surface area contributed by atoms with Crippen LogP contribution in [0.25, 0.3) is 0 Å². The first-order valence-electron chi connectivity index (χ1n) is 7.26. The van der Waals surface area contributed by atoms with Gasteiger partial charge in [0.15, 0.2) is 0 Å². The molecule has 20 heavy (non-hydrogen) atoms. The van der Waals surface area contributed by atoms with Crippen molar-refractivity contribution in [3.05, 3.63) is 12.3 Å². The van der Waals surface area contributed by atoms with Gasteiger partial charge in [0.1, 0.15) is 6.04 Å². The van der Waals surface area contributed by atoms with Crippen LogP contribution in [0.2, 0.25) is 0 Å². The zero-order chi connectivity index (χ0) is 14.3. The SMILES string of the molecule is C=C([C@@H](N)CN1C(=O)[C@@H]2C[C@H]1CN2)N1CCC[C@H]1C#N. The monoisotopic (exact) mass is 275 g/mol. The zero-order valence-corrected chi connectivity index (χ0v) is 11.6. The first-order chi connectivity index (χ1) is 9.61. The molecule has 0 radical (unpaired) electrons. The minimum Gasteiger partial charge on any atom is -0.358 e. The molecule has 3 fully saturated rings. The molecule has 0 spiro atoms. The number of nitrogens with one attached hydrogen (secondary N) is 1. The van der Waals surface area contributed by atoms with E-state index in [2.05, 4.69) is 18.0 Å². The van der Waals surface area contributed by atoms with Crippen LogP contribution in [0.5, 0.6) is 0 Å². The summed E-state index contributed by atoms with van der Waals surface area (Å²) in [5.41, 5.74) is 7.01. The largest absolute Gasteiger partial charge is 0.358 e. The number of piperazine rings is 1. The predicted octanol–water partition coefficient (Wildman–Crippen LogP) is -0.612. The van der Waals surface area contributed by atoms with Crippen LogP contribution < -0.4 is 11.1 Å². The molecule has 3 saturated heterocycles. The summed E-state index contributed by atoms with van der Waals surface area (Å²) in [5.74, 6) is 0.155. The molecule has 108 valence electrons. The summed E-state index contributed by atoms with van der Waals surface area (Å²) in [6, 6.07) is 2.16. The van der Waals surface area contributed by atoms with Crippen molar-refractivity contribution in [1.29, 1.82) is 5.26 Å². The van der Waals surface area contributed by atoms with Gasteiger partial charge in [-0.05, 0) is 19.3 Å². The van der Waals surface area contributed by atoms with Crippen LogP contribution in [-0.2, 0) is 4.79 Å². The number of nitrogens with two attached hydrogens (primary N) is 1. The molecule has 6 nitrogen and oxygen atoms in total. The summed E-state index contributed by atoms with van der Waals surface area (Å²) in [5, 5.41) is 12.3. The Labute approximate surface area is 119 Å². The molecule has 6 heteroatoms. The van der Waals surface area contributed by atoms with Crippen molar-refractivity contribution < 1.29 is 4.79 Å². The molecule has 0 aromatic carbocycles. The standard InChI is InChI=1S/C14H21N5O/c1-9(18-4-2-3-10(18)6-15)12(16)8-19-11-5-13(14(19)20)17-7-11/h10-13,17H,1-5,7-8,16H2/t10-,11-,12-,13-/m0/s1.